The fourth-order valence-electron chi connectivity index (χ4n) is 1.63. The lowest BCUT2D eigenvalue weighted by atomic mass is 9.72. The van der Waals surface area contributed by atoms with Crippen molar-refractivity contribution in [3.8, 4) is 5.75 Å². The first-order valence-electron chi connectivity index (χ1n) is 4.77. The van der Waals surface area contributed by atoms with Crippen molar-refractivity contribution in [3.63, 3.8) is 0 Å². The van der Waals surface area contributed by atoms with Gasteiger partial charge in [0.1, 0.15) is 13.0 Å². The number of carbonyl (C=O) groups is 1. The lowest BCUT2D eigenvalue weighted by Gasteiger charge is -2.12. The summed E-state index contributed by atoms with van der Waals surface area (Å²) < 4.78 is 5.20. The van der Waals surface area contributed by atoms with E-state index in [1.54, 1.807) is 7.11 Å². The molecule has 0 saturated heterocycles. The minimum atomic E-state index is -0.846. The molecule has 1 aromatic carbocycles. The molecule has 0 aliphatic heterocycles. The summed E-state index contributed by atoms with van der Waals surface area (Å²) in [6, 6.07) is 3.82. The second-order valence-corrected chi connectivity index (χ2v) is 3.39. The van der Waals surface area contributed by atoms with Crippen LogP contribution in [0.2, 0.25) is 6.82 Å². The van der Waals surface area contributed by atoms with Gasteiger partial charge in [-0.1, -0.05) is 24.4 Å². The Bertz CT molecular complexity index is 374. The number of hydrogen-bond donors (Lipinski definition) is 1. The van der Waals surface area contributed by atoms with Crippen molar-refractivity contribution in [3.05, 3.63) is 23.3 Å². The molecule has 0 spiro atoms. The molecule has 0 amide bonds. The summed E-state index contributed by atoms with van der Waals surface area (Å²) in [7, 11) is 3.50. The van der Waals surface area contributed by atoms with Crippen LogP contribution < -0.4 is 10.2 Å². The Labute approximate surface area is 90.3 Å². The highest BCUT2D eigenvalue weighted by Gasteiger charge is 2.11. The Morgan fingerprint density at radius 1 is 1.53 bits per heavy atom. The molecule has 0 aromatic heterocycles. The molecule has 1 aromatic rings. The Morgan fingerprint density at radius 3 is 2.67 bits per heavy atom. The predicted molar refractivity (Wildman–Crippen MR) is 60.3 cm³/mol. The molecule has 0 heterocycles. The minimum absolute atomic E-state index is 0.00824. The number of carboxylic acid groups (broad SMARTS) is 1. The number of methoxy groups -OCH3 is 1. The van der Waals surface area contributed by atoms with Gasteiger partial charge in [0.25, 0.3) is 0 Å². The number of carboxylic acids is 1. The van der Waals surface area contributed by atoms with Gasteiger partial charge in [0.2, 0.25) is 0 Å². The highest BCUT2D eigenvalue weighted by Crippen LogP contribution is 2.22. The van der Waals surface area contributed by atoms with Crippen LogP contribution in [0.4, 0.5) is 0 Å². The number of benzene rings is 1. The van der Waals surface area contributed by atoms with Gasteiger partial charge in [-0.05, 0) is 12.5 Å². The molecule has 3 nitrogen and oxygen atoms in total. The van der Waals surface area contributed by atoms with Gasteiger partial charge in [-0.2, -0.15) is 0 Å². The summed E-state index contributed by atoms with van der Waals surface area (Å²) >= 11 is 0. The van der Waals surface area contributed by atoms with E-state index in [9.17, 15) is 4.79 Å². The molecule has 4 heteroatoms. The van der Waals surface area contributed by atoms with Crippen molar-refractivity contribution in [2.45, 2.75) is 20.2 Å². The van der Waals surface area contributed by atoms with E-state index < -0.39 is 5.97 Å². The van der Waals surface area contributed by atoms with Gasteiger partial charge in [0, 0.05) is 5.56 Å². The summed E-state index contributed by atoms with van der Waals surface area (Å²) in [5.74, 6) is -0.177. The number of hydrogen-bond acceptors (Lipinski definition) is 2. The molecule has 0 aliphatic rings. The number of rotatable bonds is 4. The third-order valence-electron chi connectivity index (χ3n) is 2.25. The molecule has 0 atom stereocenters. The molecule has 15 heavy (non-hydrogen) atoms. The van der Waals surface area contributed by atoms with Gasteiger partial charge in [0.05, 0.1) is 13.5 Å². The number of aryl methyl sites for hydroxylation is 1. The molecule has 1 N–H and O–H groups in total. The van der Waals surface area contributed by atoms with Gasteiger partial charge in [-0.15, -0.1) is 0 Å². The molecule has 1 radical (unpaired) electrons. The zero-order valence-corrected chi connectivity index (χ0v) is 9.20. The first-order chi connectivity index (χ1) is 7.08. The molecule has 0 saturated carbocycles. The molecule has 0 aliphatic carbocycles. The summed E-state index contributed by atoms with van der Waals surface area (Å²) in [6.07, 6.45) is -0.00824. The van der Waals surface area contributed by atoms with Gasteiger partial charge >= 0.3 is 5.97 Å². The van der Waals surface area contributed by atoms with Crippen molar-refractivity contribution in [1.29, 1.82) is 0 Å². The van der Waals surface area contributed by atoms with Crippen molar-refractivity contribution in [2.24, 2.45) is 0 Å². The monoisotopic (exact) mass is 205 g/mol. The van der Waals surface area contributed by atoms with Crippen LogP contribution >= 0.6 is 0 Å². The van der Waals surface area contributed by atoms with E-state index in [1.165, 1.54) is 0 Å². The Balaban J connectivity index is 3.19. The smallest absolute Gasteiger partial charge is 0.307 e. The topological polar surface area (TPSA) is 46.5 Å². The van der Waals surface area contributed by atoms with E-state index in [1.807, 2.05) is 33.2 Å². The summed E-state index contributed by atoms with van der Waals surface area (Å²) in [5, 5.41) is 8.78. The van der Waals surface area contributed by atoms with Crippen LogP contribution in [-0.2, 0) is 11.2 Å². The Hall–Kier alpha value is -1.45. The average molecular weight is 205 g/mol. The maximum absolute atomic E-state index is 10.7. The van der Waals surface area contributed by atoms with Crippen molar-refractivity contribution in [1.82, 2.24) is 0 Å². The molecule has 0 fully saturated rings. The zero-order chi connectivity index (χ0) is 11.4. The quantitative estimate of drug-likeness (QED) is 0.746. The van der Waals surface area contributed by atoms with Crippen LogP contribution in [0.15, 0.2) is 12.1 Å². The molecule has 1 rings (SSSR count). The molecule has 79 valence electrons. The van der Waals surface area contributed by atoms with Gasteiger partial charge in [-0.3, -0.25) is 4.79 Å². The highest BCUT2D eigenvalue weighted by molar-refractivity contribution is 6.52. The first kappa shape index (κ1) is 11.6. The second-order valence-electron chi connectivity index (χ2n) is 3.39. The zero-order valence-electron chi connectivity index (χ0n) is 9.20. The maximum Gasteiger partial charge on any atom is 0.307 e. The van der Waals surface area contributed by atoms with E-state index in [-0.39, 0.29) is 6.42 Å². The van der Waals surface area contributed by atoms with Gasteiger partial charge in [-0.25, -0.2) is 0 Å². The van der Waals surface area contributed by atoms with Gasteiger partial charge in [0.15, 0.2) is 0 Å². The van der Waals surface area contributed by atoms with Crippen molar-refractivity contribution in [2.75, 3.05) is 7.11 Å². The lowest BCUT2D eigenvalue weighted by molar-refractivity contribution is -0.136. The third-order valence-corrected chi connectivity index (χ3v) is 2.25. The van der Waals surface area contributed by atoms with Crippen LogP contribution in [0.1, 0.15) is 11.1 Å². The second kappa shape index (κ2) is 4.87. The predicted octanol–water partition coefficient (Wildman–Crippen LogP) is 1.01. The molecule has 0 unspecified atom stereocenters. The molecule has 0 bridgehead atoms. The molecular weight excluding hydrogens is 191 g/mol. The van der Waals surface area contributed by atoms with Crippen molar-refractivity contribution >= 4 is 18.7 Å². The van der Waals surface area contributed by atoms with E-state index >= 15 is 0 Å². The van der Waals surface area contributed by atoms with Crippen LogP contribution in [0.25, 0.3) is 0 Å². The van der Waals surface area contributed by atoms with Crippen LogP contribution in [0.3, 0.4) is 0 Å². The first-order valence-corrected chi connectivity index (χ1v) is 4.77. The van der Waals surface area contributed by atoms with Crippen LogP contribution in [0.5, 0.6) is 5.75 Å². The Morgan fingerprint density at radius 2 is 2.20 bits per heavy atom. The summed E-state index contributed by atoms with van der Waals surface area (Å²) in [6.45, 7) is 3.84. The lowest BCUT2D eigenvalue weighted by Crippen LogP contribution is -2.15. The van der Waals surface area contributed by atoms with E-state index in [4.69, 9.17) is 9.84 Å². The SMILES string of the molecule is C[B]c1cc(C)c(OC)c(CC(=O)O)c1. The minimum Gasteiger partial charge on any atom is -0.496 e. The average Bonchev–Trinajstić information content (AvgIpc) is 2.16. The van der Waals surface area contributed by atoms with Crippen molar-refractivity contribution < 1.29 is 14.6 Å². The normalized spacial score (nSPS) is 9.80. The van der Waals surface area contributed by atoms with E-state index in [0.29, 0.717) is 5.75 Å². The van der Waals surface area contributed by atoms with E-state index in [0.717, 1.165) is 16.6 Å². The summed E-state index contributed by atoms with van der Waals surface area (Å²) in [5.41, 5.74) is 2.70. The standard InChI is InChI=1S/C11H14BO3/c1-7-4-9(12-2)5-8(6-10(13)14)11(7)15-3/h4-5H,6H2,1-3H3,(H,13,14). The van der Waals surface area contributed by atoms with Crippen LogP contribution in [-0.4, -0.2) is 25.5 Å². The van der Waals surface area contributed by atoms with Gasteiger partial charge < -0.3 is 9.84 Å². The number of aliphatic carboxylic acids is 1. The molecular formula is C11H14BO3. The largest absolute Gasteiger partial charge is 0.496 e. The fourth-order valence-corrected chi connectivity index (χ4v) is 1.63. The third kappa shape index (κ3) is 2.75. The highest BCUT2D eigenvalue weighted by atomic mass is 16.5. The maximum atomic E-state index is 10.7. The van der Waals surface area contributed by atoms with Crippen LogP contribution in [0, 0.1) is 6.92 Å². The number of ether oxygens (including phenoxy) is 1. The van der Waals surface area contributed by atoms with E-state index in [2.05, 4.69) is 0 Å². The summed E-state index contributed by atoms with van der Waals surface area (Å²) in [4.78, 5) is 10.7. The Kier molecular flexibility index (Phi) is 3.77. The fraction of sp³-hybridized carbons (Fsp3) is 0.364.